The predicted molar refractivity (Wildman–Crippen MR) is 73.1 cm³/mol. The van der Waals surface area contributed by atoms with Gasteiger partial charge in [0, 0.05) is 24.7 Å². The average Bonchev–Trinajstić information content (AvgIpc) is 3.08. The Hall–Kier alpha value is -2.15. The SMILES string of the molecule is NNc1ccc([N+](=O)[O-])cc1C(=O)N1CC2CCC1C2. The van der Waals surface area contributed by atoms with Gasteiger partial charge in [-0.1, -0.05) is 0 Å². The monoisotopic (exact) mass is 276 g/mol. The highest BCUT2D eigenvalue weighted by Crippen LogP contribution is 2.38. The molecule has 2 atom stereocenters. The minimum Gasteiger partial charge on any atom is -0.335 e. The van der Waals surface area contributed by atoms with Crippen molar-refractivity contribution in [2.24, 2.45) is 11.8 Å². The molecule has 2 aliphatic rings. The number of fused-ring (bicyclic) bond motifs is 2. The number of anilines is 1. The molecule has 0 aromatic heterocycles. The number of hydrazine groups is 1. The molecule has 106 valence electrons. The van der Waals surface area contributed by atoms with E-state index in [4.69, 9.17) is 5.84 Å². The van der Waals surface area contributed by atoms with Gasteiger partial charge in [-0.3, -0.25) is 20.8 Å². The Bertz CT molecular complexity index is 575. The average molecular weight is 276 g/mol. The van der Waals surface area contributed by atoms with Crippen molar-refractivity contribution in [1.29, 1.82) is 0 Å². The van der Waals surface area contributed by atoms with E-state index in [1.54, 1.807) is 0 Å². The van der Waals surface area contributed by atoms with Gasteiger partial charge in [-0.25, -0.2) is 0 Å². The molecule has 2 unspecified atom stereocenters. The molecular formula is C13H16N4O3. The number of nitro groups is 1. The Morgan fingerprint density at radius 1 is 1.45 bits per heavy atom. The fourth-order valence-corrected chi connectivity index (χ4v) is 3.28. The van der Waals surface area contributed by atoms with E-state index < -0.39 is 4.92 Å². The summed E-state index contributed by atoms with van der Waals surface area (Å²) >= 11 is 0. The van der Waals surface area contributed by atoms with Crippen molar-refractivity contribution >= 4 is 17.3 Å². The third-order valence-electron chi connectivity index (χ3n) is 4.27. The summed E-state index contributed by atoms with van der Waals surface area (Å²) in [5.41, 5.74) is 3.03. The van der Waals surface area contributed by atoms with Gasteiger partial charge in [-0.05, 0) is 31.2 Å². The number of nitrogens with zero attached hydrogens (tertiary/aromatic N) is 2. The number of carbonyl (C=O) groups excluding carboxylic acids is 1. The van der Waals surface area contributed by atoms with E-state index >= 15 is 0 Å². The Morgan fingerprint density at radius 2 is 2.25 bits per heavy atom. The number of carbonyl (C=O) groups is 1. The van der Waals surface area contributed by atoms with Gasteiger partial charge in [-0.2, -0.15) is 0 Å². The van der Waals surface area contributed by atoms with Crippen LogP contribution in [0.4, 0.5) is 11.4 Å². The van der Waals surface area contributed by atoms with Crippen molar-refractivity contribution in [3.05, 3.63) is 33.9 Å². The smallest absolute Gasteiger partial charge is 0.270 e. The number of amides is 1. The molecule has 1 saturated carbocycles. The van der Waals surface area contributed by atoms with Crippen molar-refractivity contribution in [3.8, 4) is 0 Å². The van der Waals surface area contributed by atoms with E-state index in [2.05, 4.69) is 5.43 Å². The lowest BCUT2D eigenvalue weighted by atomic mass is 10.1. The number of benzene rings is 1. The minimum absolute atomic E-state index is 0.100. The molecule has 0 radical (unpaired) electrons. The first-order valence-corrected chi connectivity index (χ1v) is 6.66. The first-order valence-electron chi connectivity index (χ1n) is 6.66. The fourth-order valence-electron chi connectivity index (χ4n) is 3.28. The van der Waals surface area contributed by atoms with E-state index in [0.717, 1.165) is 19.4 Å². The second kappa shape index (κ2) is 4.75. The van der Waals surface area contributed by atoms with Crippen LogP contribution in [-0.2, 0) is 0 Å². The lowest BCUT2D eigenvalue weighted by molar-refractivity contribution is -0.384. The third kappa shape index (κ3) is 2.00. The molecule has 2 fully saturated rings. The normalized spacial score (nSPS) is 23.9. The van der Waals surface area contributed by atoms with E-state index in [1.165, 1.54) is 24.6 Å². The molecular weight excluding hydrogens is 260 g/mol. The number of rotatable bonds is 3. The maximum atomic E-state index is 12.6. The number of hydrogen-bond acceptors (Lipinski definition) is 5. The van der Waals surface area contributed by atoms with Crippen LogP contribution in [0.15, 0.2) is 18.2 Å². The van der Waals surface area contributed by atoms with Crippen molar-refractivity contribution in [2.75, 3.05) is 12.0 Å². The third-order valence-corrected chi connectivity index (χ3v) is 4.27. The Balaban J connectivity index is 1.93. The lowest BCUT2D eigenvalue weighted by Crippen LogP contribution is -2.38. The number of nitrogen functional groups attached to an aromatic ring is 1. The van der Waals surface area contributed by atoms with Crippen LogP contribution in [0.25, 0.3) is 0 Å². The van der Waals surface area contributed by atoms with E-state index in [9.17, 15) is 14.9 Å². The van der Waals surface area contributed by atoms with Crippen LogP contribution in [0.2, 0.25) is 0 Å². The molecule has 0 spiro atoms. The number of non-ortho nitro benzene ring substituents is 1. The highest BCUT2D eigenvalue weighted by atomic mass is 16.6. The summed E-state index contributed by atoms with van der Waals surface area (Å²) < 4.78 is 0. The fraction of sp³-hybridized carbons (Fsp3) is 0.462. The van der Waals surface area contributed by atoms with Gasteiger partial charge in [0.05, 0.1) is 16.2 Å². The van der Waals surface area contributed by atoms with Crippen LogP contribution in [0, 0.1) is 16.0 Å². The van der Waals surface area contributed by atoms with Crippen LogP contribution < -0.4 is 11.3 Å². The van der Waals surface area contributed by atoms with Crippen LogP contribution >= 0.6 is 0 Å². The molecule has 3 N–H and O–H groups in total. The van der Waals surface area contributed by atoms with Crippen molar-refractivity contribution < 1.29 is 9.72 Å². The molecule has 1 amide bonds. The molecule has 7 heteroatoms. The van der Waals surface area contributed by atoms with Crippen LogP contribution in [0.1, 0.15) is 29.6 Å². The summed E-state index contributed by atoms with van der Waals surface area (Å²) in [6.45, 7) is 0.746. The van der Waals surface area contributed by atoms with Gasteiger partial charge < -0.3 is 10.3 Å². The van der Waals surface area contributed by atoms with Crippen LogP contribution in [0.3, 0.4) is 0 Å². The molecule has 1 aliphatic heterocycles. The van der Waals surface area contributed by atoms with Gasteiger partial charge in [0.15, 0.2) is 0 Å². The zero-order valence-electron chi connectivity index (χ0n) is 10.9. The van der Waals surface area contributed by atoms with E-state index in [1.807, 2.05) is 4.90 Å². The highest BCUT2D eigenvalue weighted by molar-refractivity contribution is 6.00. The minimum atomic E-state index is -0.507. The Labute approximate surface area is 115 Å². The molecule has 7 nitrogen and oxygen atoms in total. The predicted octanol–water partition coefficient (Wildman–Crippen LogP) is 1.50. The van der Waals surface area contributed by atoms with Gasteiger partial charge in [0.25, 0.3) is 11.6 Å². The second-order valence-corrected chi connectivity index (χ2v) is 5.42. The number of nitrogens with two attached hydrogens (primary N) is 1. The highest BCUT2D eigenvalue weighted by Gasteiger charge is 2.41. The second-order valence-electron chi connectivity index (χ2n) is 5.42. The molecule has 1 aliphatic carbocycles. The number of hydrogen-bond donors (Lipinski definition) is 2. The zero-order chi connectivity index (χ0) is 14.3. The maximum absolute atomic E-state index is 12.6. The largest absolute Gasteiger partial charge is 0.335 e. The first-order chi connectivity index (χ1) is 9.60. The number of nitro benzene ring substituents is 1. The quantitative estimate of drug-likeness (QED) is 0.495. The summed E-state index contributed by atoms with van der Waals surface area (Å²) in [6.07, 6.45) is 3.24. The number of likely N-dealkylation sites (tertiary alicyclic amines) is 1. The van der Waals surface area contributed by atoms with Gasteiger partial charge in [0.2, 0.25) is 0 Å². The van der Waals surface area contributed by atoms with Gasteiger partial charge in [-0.15, -0.1) is 0 Å². The summed E-state index contributed by atoms with van der Waals surface area (Å²) in [7, 11) is 0. The topological polar surface area (TPSA) is 101 Å². The Morgan fingerprint density at radius 3 is 2.80 bits per heavy atom. The maximum Gasteiger partial charge on any atom is 0.270 e. The summed E-state index contributed by atoms with van der Waals surface area (Å²) in [5, 5.41) is 10.9. The van der Waals surface area contributed by atoms with Crippen LogP contribution in [0.5, 0.6) is 0 Å². The molecule has 1 aromatic rings. The van der Waals surface area contributed by atoms with Crippen LogP contribution in [-0.4, -0.2) is 28.3 Å². The van der Waals surface area contributed by atoms with Crippen molar-refractivity contribution in [1.82, 2.24) is 4.90 Å². The van der Waals surface area contributed by atoms with Crippen molar-refractivity contribution in [2.45, 2.75) is 25.3 Å². The summed E-state index contributed by atoms with van der Waals surface area (Å²) in [4.78, 5) is 24.8. The molecule has 3 rings (SSSR count). The summed E-state index contributed by atoms with van der Waals surface area (Å²) in [6, 6.07) is 4.38. The standard InChI is InChI=1S/C13H16N4O3/c14-15-12-4-3-10(17(19)20)6-11(12)13(18)16-7-8-1-2-9(16)5-8/h3-4,6,8-9,15H,1-2,5,7,14H2. The molecule has 1 saturated heterocycles. The van der Waals surface area contributed by atoms with Gasteiger partial charge >= 0.3 is 0 Å². The molecule has 1 heterocycles. The lowest BCUT2D eigenvalue weighted by Gasteiger charge is -2.27. The van der Waals surface area contributed by atoms with Crippen molar-refractivity contribution in [3.63, 3.8) is 0 Å². The molecule has 1 aromatic carbocycles. The van der Waals surface area contributed by atoms with E-state index in [0.29, 0.717) is 11.6 Å². The van der Waals surface area contributed by atoms with E-state index in [-0.39, 0.29) is 23.2 Å². The Kier molecular flexibility index (Phi) is 3.06. The number of nitrogens with one attached hydrogen (secondary N) is 1. The molecule has 20 heavy (non-hydrogen) atoms. The summed E-state index contributed by atoms with van der Waals surface area (Å²) in [5.74, 6) is 5.81. The first kappa shape index (κ1) is 12.9. The molecule has 2 bridgehead atoms. The zero-order valence-corrected chi connectivity index (χ0v) is 10.9. The van der Waals surface area contributed by atoms with Gasteiger partial charge in [0.1, 0.15) is 0 Å². The number of piperidine rings is 1.